The number of ketones is 2. The minimum absolute atomic E-state index is 0.0369. The molecule has 0 N–H and O–H groups in total. The van der Waals surface area contributed by atoms with E-state index in [1.807, 2.05) is 42.5 Å². The summed E-state index contributed by atoms with van der Waals surface area (Å²) in [4.78, 5) is 25.5. The van der Waals surface area contributed by atoms with Crippen LogP contribution >= 0.6 is 15.9 Å². The summed E-state index contributed by atoms with van der Waals surface area (Å²) < 4.78 is 6.05. The molecule has 0 bridgehead atoms. The number of methoxy groups -OCH3 is 1. The molecule has 0 saturated carbocycles. The van der Waals surface area contributed by atoms with Gasteiger partial charge in [0.05, 0.1) is 7.11 Å². The number of hydrogen-bond donors (Lipinski definition) is 0. The van der Waals surface area contributed by atoms with E-state index >= 15 is 0 Å². The number of hydrogen-bond acceptors (Lipinski definition) is 3. The Kier molecular flexibility index (Phi) is 6.56. The lowest BCUT2D eigenvalue weighted by atomic mass is 9.95. The van der Waals surface area contributed by atoms with E-state index in [0.717, 1.165) is 10.0 Å². The summed E-state index contributed by atoms with van der Waals surface area (Å²) in [6.07, 6.45) is 1.70. The molecule has 0 aliphatic heterocycles. The van der Waals surface area contributed by atoms with E-state index in [0.29, 0.717) is 22.4 Å². The number of Topliss-reactive ketones (excluding diaryl/α,β-unsaturated/α-hetero) is 1. The largest absolute Gasteiger partial charge is 0.497 e. The Morgan fingerprint density at radius 3 is 2.04 bits per heavy atom. The molecule has 0 atom stereocenters. The number of halogens is 1. The fraction of sp³-hybridized carbons (Fsp3) is 0.0833. The van der Waals surface area contributed by atoms with E-state index in [2.05, 4.69) is 15.9 Å². The van der Waals surface area contributed by atoms with Crippen molar-refractivity contribution >= 4 is 33.1 Å². The van der Waals surface area contributed by atoms with Crippen LogP contribution in [-0.2, 0) is 0 Å². The Hall–Kier alpha value is -2.98. The van der Waals surface area contributed by atoms with Gasteiger partial charge in [-0.25, -0.2) is 0 Å². The summed E-state index contributed by atoms with van der Waals surface area (Å²) in [6.45, 7) is 0. The van der Waals surface area contributed by atoms with Gasteiger partial charge in [-0.05, 0) is 53.6 Å². The quantitative estimate of drug-likeness (QED) is 0.338. The van der Waals surface area contributed by atoms with Gasteiger partial charge < -0.3 is 4.74 Å². The molecule has 140 valence electrons. The molecule has 3 nitrogen and oxygen atoms in total. The lowest BCUT2D eigenvalue weighted by Crippen LogP contribution is -2.03. The van der Waals surface area contributed by atoms with E-state index in [-0.39, 0.29) is 18.0 Å². The predicted molar refractivity (Wildman–Crippen MR) is 115 cm³/mol. The second-order valence-electron chi connectivity index (χ2n) is 6.24. The molecule has 0 heterocycles. The van der Waals surface area contributed by atoms with Crippen molar-refractivity contribution in [3.05, 3.63) is 106 Å². The molecule has 0 unspecified atom stereocenters. The molecule has 0 saturated heterocycles. The van der Waals surface area contributed by atoms with Crippen LogP contribution in [0.3, 0.4) is 0 Å². The van der Waals surface area contributed by atoms with Crippen molar-refractivity contribution in [2.24, 2.45) is 0 Å². The summed E-state index contributed by atoms with van der Waals surface area (Å²) in [6, 6.07) is 23.7. The van der Waals surface area contributed by atoms with Crippen LogP contribution in [0.2, 0.25) is 0 Å². The van der Waals surface area contributed by atoms with Gasteiger partial charge in [-0.1, -0.05) is 58.4 Å². The molecule has 0 aliphatic rings. The molecular formula is C24H19BrO3. The first kappa shape index (κ1) is 19.8. The standard InChI is InChI=1S/C24H19BrO3/c1-28-22-13-9-19(10-14-22)24(27)16-20(17-5-3-2-4-6-17)15-23(26)18-7-11-21(25)12-8-18/h2-14,16H,15H2,1H3/b20-16+. The number of benzene rings is 3. The first-order valence-electron chi connectivity index (χ1n) is 8.80. The summed E-state index contributed by atoms with van der Waals surface area (Å²) in [5, 5.41) is 0. The van der Waals surface area contributed by atoms with Crippen molar-refractivity contribution in [3.63, 3.8) is 0 Å². The summed E-state index contributed by atoms with van der Waals surface area (Å²) in [5.74, 6) is 0.504. The third kappa shape index (κ3) is 5.05. The van der Waals surface area contributed by atoms with Gasteiger partial charge in [0.2, 0.25) is 0 Å². The third-order valence-corrected chi connectivity index (χ3v) is 4.87. The highest BCUT2D eigenvalue weighted by atomic mass is 79.9. The van der Waals surface area contributed by atoms with Gasteiger partial charge in [0.15, 0.2) is 11.6 Å². The van der Waals surface area contributed by atoms with E-state index < -0.39 is 0 Å². The SMILES string of the molecule is COc1ccc(C(=O)/C=C(\CC(=O)c2ccc(Br)cc2)c2ccccc2)cc1. The van der Waals surface area contributed by atoms with Crippen LogP contribution < -0.4 is 4.74 Å². The molecule has 0 spiro atoms. The second kappa shape index (κ2) is 9.29. The van der Waals surface area contributed by atoms with E-state index in [4.69, 9.17) is 4.74 Å². The topological polar surface area (TPSA) is 43.4 Å². The van der Waals surface area contributed by atoms with Gasteiger partial charge in [0, 0.05) is 22.0 Å². The number of carbonyl (C=O) groups is 2. The maximum atomic E-state index is 12.8. The van der Waals surface area contributed by atoms with E-state index in [1.54, 1.807) is 49.6 Å². The molecule has 0 radical (unpaired) electrons. The molecule has 3 aromatic rings. The monoisotopic (exact) mass is 434 g/mol. The molecule has 3 rings (SSSR count). The lowest BCUT2D eigenvalue weighted by Gasteiger charge is -2.08. The van der Waals surface area contributed by atoms with Crippen LogP contribution in [0.5, 0.6) is 5.75 Å². The minimum Gasteiger partial charge on any atom is -0.497 e. The average Bonchev–Trinajstić information content (AvgIpc) is 2.74. The Balaban J connectivity index is 1.90. The molecule has 3 aromatic carbocycles. The van der Waals surface area contributed by atoms with Gasteiger partial charge in [0.25, 0.3) is 0 Å². The van der Waals surface area contributed by atoms with Crippen LogP contribution in [0.15, 0.2) is 89.4 Å². The Labute approximate surface area is 172 Å². The van der Waals surface area contributed by atoms with Gasteiger partial charge in [-0.3, -0.25) is 9.59 Å². The Morgan fingerprint density at radius 2 is 1.43 bits per heavy atom. The van der Waals surface area contributed by atoms with Gasteiger partial charge in [-0.2, -0.15) is 0 Å². The first-order valence-corrected chi connectivity index (χ1v) is 9.59. The van der Waals surface area contributed by atoms with Crippen LogP contribution in [0.4, 0.5) is 0 Å². The molecular weight excluding hydrogens is 416 g/mol. The van der Waals surface area contributed by atoms with Crippen molar-refractivity contribution in [2.45, 2.75) is 6.42 Å². The molecule has 0 aromatic heterocycles. The zero-order chi connectivity index (χ0) is 19.9. The zero-order valence-corrected chi connectivity index (χ0v) is 17.0. The molecule has 4 heteroatoms. The van der Waals surface area contributed by atoms with Crippen LogP contribution in [0.25, 0.3) is 5.57 Å². The van der Waals surface area contributed by atoms with Crippen molar-refractivity contribution in [3.8, 4) is 5.75 Å². The minimum atomic E-state index is -0.148. The van der Waals surface area contributed by atoms with E-state index in [1.165, 1.54) is 0 Å². The highest BCUT2D eigenvalue weighted by Gasteiger charge is 2.13. The lowest BCUT2D eigenvalue weighted by molar-refractivity contribution is 0.0998. The van der Waals surface area contributed by atoms with Crippen molar-refractivity contribution in [1.29, 1.82) is 0 Å². The normalized spacial score (nSPS) is 11.1. The fourth-order valence-corrected chi connectivity index (χ4v) is 3.06. The number of carbonyl (C=O) groups excluding carboxylic acids is 2. The van der Waals surface area contributed by atoms with Crippen molar-refractivity contribution in [1.82, 2.24) is 0 Å². The Morgan fingerprint density at radius 1 is 0.821 bits per heavy atom. The molecule has 0 aliphatic carbocycles. The van der Waals surface area contributed by atoms with Crippen LogP contribution in [0, 0.1) is 0 Å². The number of allylic oxidation sites excluding steroid dienone is 2. The summed E-state index contributed by atoms with van der Waals surface area (Å²) in [7, 11) is 1.58. The second-order valence-corrected chi connectivity index (χ2v) is 7.15. The number of ether oxygens (including phenoxy) is 1. The predicted octanol–water partition coefficient (Wildman–Crippen LogP) is 6.00. The van der Waals surface area contributed by atoms with Gasteiger partial charge >= 0.3 is 0 Å². The zero-order valence-electron chi connectivity index (χ0n) is 15.4. The molecule has 0 fully saturated rings. The van der Waals surface area contributed by atoms with E-state index in [9.17, 15) is 9.59 Å². The van der Waals surface area contributed by atoms with Crippen molar-refractivity contribution in [2.75, 3.05) is 7.11 Å². The molecule has 0 amide bonds. The smallest absolute Gasteiger partial charge is 0.186 e. The summed E-state index contributed by atoms with van der Waals surface area (Å²) >= 11 is 3.37. The van der Waals surface area contributed by atoms with Gasteiger partial charge in [0.1, 0.15) is 5.75 Å². The van der Waals surface area contributed by atoms with Gasteiger partial charge in [-0.15, -0.1) is 0 Å². The maximum Gasteiger partial charge on any atom is 0.186 e. The third-order valence-electron chi connectivity index (χ3n) is 4.34. The fourth-order valence-electron chi connectivity index (χ4n) is 2.80. The van der Waals surface area contributed by atoms with Crippen molar-refractivity contribution < 1.29 is 14.3 Å². The average molecular weight is 435 g/mol. The highest BCUT2D eigenvalue weighted by molar-refractivity contribution is 9.10. The first-order chi connectivity index (χ1) is 13.6. The number of rotatable bonds is 7. The highest BCUT2D eigenvalue weighted by Crippen LogP contribution is 2.23. The summed E-state index contributed by atoms with van der Waals surface area (Å²) in [5.41, 5.74) is 2.71. The maximum absolute atomic E-state index is 12.8. The Bertz CT molecular complexity index is 988. The molecule has 28 heavy (non-hydrogen) atoms. The van der Waals surface area contributed by atoms with Crippen LogP contribution in [0.1, 0.15) is 32.7 Å². The van der Waals surface area contributed by atoms with Crippen LogP contribution in [-0.4, -0.2) is 18.7 Å².